The number of carbonyl (C=O) groups excluding carboxylic acids is 1. The minimum atomic E-state index is 0.128. The maximum absolute atomic E-state index is 11.0. The topological polar surface area (TPSA) is 17.1 Å². The fourth-order valence-corrected chi connectivity index (χ4v) is 1.48. The first-order valence-electron chi connectivity index (χ1n) is 4.44. The second-order valence-electron chi connectivity index (χ2n) is 3.69. The maximum atomic E-state index is 11.0. The molecule has 0 aromatic carbocycles. The van der Waals surface area contributed by atoms with Gasteiger partial charge in [0.2, 0.25) is 0 Å². The molecule has 0 bridgehead atoms. The van der Waals surface area contributed by atoms with Crippen molar-refractivity contribution < 1.29 is 4.79 Å². The van der Waals surface area contributed by atoms with Crippen molar-refractivity contribution >= 4 is 5.78 Å². The van der Waals surface area contributed by atoms with Crippen molar-refractivity contribution in [3.63, 3.8) is 0 Å². The molecule has 0 N–H and O–H groups in total. The van der Waals surface area contributed by atoms with Crippen molar-refractivity contribution in [3.8, 4) is 0 Å². The molecule has 0 saturated heterocycles. The lowest BCUT2D eigenvalue weighted by Gasteiger charge is -2.29. The van der Waals surface area contributed by atoms with Crippen LogP contribution in [0, 0.1) is 5.41 Å². The van der Waals surface area contributed by atoms with Gasteiger partial charge in [0.15, 0.2) is 5.78 Å². The number of carbonyl (C=O) groups is 1. The summed E-state index contributed by atoms with van der Waals surface area (Å²) in [6, 6.07) is 0. The predicted octanol–water partition coefficient (Wildman–Crippen LogP) is 2.88. The van der Waals surface area contributed by atoms with Gasteiger partial charge >= 0.3 is 0 Å². The molecule has 66 valence electrons. The van der Waals surface area contributed by atoms with E-state index in [1.165, 1.54) is 5.57 Å². The van der Waals surface area contributed by atoms with Crippen LogP contribution < -0.4 is 0 Å². The smallest absolute Gasteiger partial charge is 0.155 e. The van der Waals surface area contributed by atoms with Gasteiger partial charge in [-0.1, -0.05) is 24.6 Å². The molecule has 0 amide bonds. The van der Waals surface area contributed by atoms with E-state index in [-0.39, 0.29) is 11.2 Å². The Kier molecular flexibility index (Phi) is 2.51. The highest BCUT2D eigenvalue weighted by molar-refractivity contribution is 5.90. The van der Waals surface area contributed by atoms with Crippen molar-refractivity contribution in [1.29, 1.82) is 0 Å². The lowest BCUT2D eigenvalue weighted by Crippen LogP contribution is -2.20. The van der Waals surface area contributed by atoms with Gasteiger partial charge in [-0.25, -0.2) is 0 Å². The average molecular weight is 164 g/mol. The zero-order valence-corrected chi connectivity index (χ0v) is 8.05. The maximum Gasteiger partial charge on any atom is 0.155 e. The quantitative estimate of drug-likeness (QED) is 0.545. The van der Waals surface area contributed by atoms with Gasteiger partial charge in [0.05, 0.1) is 0 Å². The molecular weight excluding hydrogens is 148 g/mol. The van der Waals surface area contributed by atoms with Gasteiger partial charge in [0.1, 0.15) is 0 Å². The predicted molar refractivity (Wildman–Crippen MR) is 50.9 cm³/mol. The highest BCUT2D eigenvalue weighted by Crippen LogP contribution is 2.36. The summed E-state index contributed by atoms with van der Waals surface area (Å²) in [5.41, 5.74) is 1.48. The largest absolute Gasteiger partial charge is 0.295 e. The molecule has 1 atom stereocenters. The van der Waals surface area contributed by atoms with E-state index < -0.39 is 0 Å². The first kappa shape index (κ1) is 9.24. The SMILES string of the molecule is C/C=C(\C)[C@]1(C)C=CC(=O)CC1. The Morgan fingerprint density at radius 1 is 1.67 bits per heavy atom. The van der Waals surface area contributed by atoms with Crippen LogP contribution in [0.5, 0.6) is 0 Å². The van der Waals surface area contributed by atoms with E-state index in [1.807, 2.05) is 13.0 Å². The number of rotatable bonds is 1. The van der Waals surface area contributed by atoms with E-state index >= 15 is 0 Å². The Hall–Kier alpha value is -0.850. The number of ketones is 1. The second kappa shape index (κ2) is 3.26. The van der Waals surface area contributed by atoms with E-state index in [4.69, 9.17) is 0 Å². The summed E-state index contributed by atoms with van der Waals surface area (Å²) in [5.74, 6) is 0.261. The van der Waals surface area contributed by atoms with Crippen LogP contribution in [0.4, 0.5) is 0 Å². The number of hydrogen-bond acceptors (Lipinski definition) is 1. The summed E-state index contributed by atoms with van der Waals surface area (Å²) in [7, 11) is 0. The molecule has 1 aliphatic rings. The third-order valence-electron chi connectivity index (χ3n) is 2.86. The molecule has 0 saturated carbocycles. The molecule has 0 aliphatic heterocycles. The van der Waals surface area contributed by atoms with Gasteiger partial charge in [-0.2, -0.15) is 0 Å². The summed E-state index contributed by atoms with van der Waals surface area (Å²) in [4.78, 5) is 11.0. The fourth-order valence-electron chi connectivity index (χ4n) is 1.48. The molecule has 0 aromatic rings. The first-order chi connectivity index (χ1) is 5.58. The fraction of sp³-hybridized carbons (Fsp3) is 0.545. The molecular formula is C11H16O. The van der Waals surface area contributed by atoms with Crippen LogP contribution in [0.2, 0.25) is 0 Å². The van der Waals surface area contributed by atoms with Crippen molar-refractivity contribution in [1.82, 2.24) is 0 Å². The van der Waals surface area contributed by atoms with Crippen LogP contribution in [0.25, 0.3) is 0 Å². The molecule has 1 rings (SSSR count). The molecule has 0 unspecified atom stereocenters. The Labute approximate surface area is 74.2 Å². The standard InChI is InChI=1S/C11H16O/c1-4-9(2)11(3)7-5-10(12)6-8-11/h4-5,7H,6,8H2,1-3H3/b9-4+/t11-/m1/s1. The van der Waals surface area contributed by atoms with Gasteiger partial charge in [0, 0.05) is 11.8 Å². The monoisotopic (exact) mass is 164 g/mol. The van der Waals surface area contributed by atoms with E-state index in [0.717, 1.165) is 6.42 Å². The second-order valence-corrected chi connectivity index (χ2v) is 3.69. The summed E-state index contributed by atoms with van der Waals surface area (Å²) in [6.07, 6.45) is 7.53. The van der Waals surface area contributed by atoms with Crippen molar-refractivity contribution in [2.75, 3.05) is 0 Å². The van der Waals surface area contributed by atoms with Crippen molar-refractivity contribution in [3.05, 3.63) is 23.8 Å². The van der Waals surface area contributed by atoms with Crippen LogP contribution >= 0.6 is 0 Å². The summed E-state index contributed by atoms with van der Waals surface area (Å²) < 4.78 is 0. The summed E-state index contributed by atoms with van der Waals surface area (Å²) in [6.45, 7) is 6.36. The molecule has 1 aliphatic carbocycles. The Balaban J connectivity index is 2.88. The molecule has 1 heteroatoms. The zero-order chi connectivity index (χ0) is 9.19. The third-order valence-corrected chi connectivity index (χ3v) is 2.86. The van der Waals surface area contributed by atoms with E-state index in [9.17, 15) is 4.79 Å². The van der Waals surface area contributed by atoms with E-state index in [2.05, 4.69) is 19.9 Å². The van der Waals surface area contributed by atoms with Gasteiger partial charge < -0.3 is 0 Å². The van der Waals surface area contributed by atoms with Crippen LogP contribution in [0.3, 0.4) is 0 Å². The normalized spacial score (nSPS) is 30.9. The van der Waals surface area contributed by atoms with Crippen LogP contribution in [0.15, 0.2) is 23.8 Å². The minimum Gasteiger partial charge on any atom is -0.295 e. The van der Waals surface area contributed by atoms with Crippen LogP contribution in [0.1, 0.15) is 33.6 Å². The summed E-state index contributed by atoms with van der Waals surface area (Å²) >= 11 is 0. The molecule has 0 spiro atoms. The molecule has 0 fully saturated rings. The lowest BCUT2D eigenvalue weighted by molar-refractivity contribution is -0.115. The van der Waals surface area contributed by atoms with Gasteiger partial charge in [-0.05, 0) is 26.3 Å². The molecule has 0 heterocycles. The molecule has 0 aromatic heterocycles. The number of allylic oxidation sites excluding steroid dienone is 4. The Morgan fingerprint density at radius 2 is 2.33 bits per heavy atom. The first-order valence-corrected chi connectivity index (χ1v) is 4.44. The Morgan fingerprint density at radius 3 is 2.75 bits per heavy atom. The molecule has 1 nitrogen and oxygen atoms in total. The Bertz CT molecular complexity index is 248. The van der Waals surface area contributed by atoms with Crippen LogP contribution in [-0.4, -0.2) is 5.78 Å². The number of hydrogen-bond donors (Lipinski definition) is 0. The van der Waals surface area contributed by atoms with Gasteiger partial charge in [0.25, 0.3) is 0 Å². The summed E-state index contributed by atoms with van der Waals surface area (Å²) in [5, 5.41) is 0. The minimum absolute atomic E-state index is 0.128. The van der Waals surface area contributed by atoms with Gasteiger partial charge in [-0.3, -0.25) is 4.79 Å². The van der Waals surface area contributed by atoms with Gasteiger partial charge in [-0.15, -0.1) is 0 Å². The third kappa shape index (κ3) is 1.66. The van der Waals surface area contributed by atoms with Crippen molar-refractivity contribution in [2.24, 2.45) is 5.41 Å². The lowest BCUT2D eigenvalue weighted by atomic mass is 9.75. The van der Waals surface area contributed by atoms with Crippen LogP contribution in [-0.2, 0) is 4.79 Å². The molecule has 0 radical (unpaired) electrons. The van der Waals surface area contributed by atoms with Crippen molar-refractivity contribution in [2.45, 2.75) is 33.6 Å². The molecule has 12 heavy (non-hydrogen) atoms. The zero-order valence-electron chi connectivity index (χ0n) is 8.05. The average Bonchev–Trinajstić information content (AvgIpc) is 2.09. The highest BCUT2D eigenvalue weighted by atomic mass is 16.1. The van der Waals surface area contributed by atoms with E-state index in [0.29, 0.717) is 6.42 Å². The highest BCUT2D eigenvalue weighted by Gasteiger charge is 2.26. The van der Waals surface area contributed by atoms with E-state index in [1.54, 1.807) is 6.08 Å².